The number of benzene rings is 2. The minimum absolute atomic E-state index is 0.0878. The average Bonchev–Trinajstić information content (AvgIpc) is 3.45. The Morgan fingerprint density at radius 2 is 1.71 bits per heavy atom. The summed E-state index contributed by atoms with van der Waals surface area (Å²) in [5.74, 6) is -1.78. The lowest BCUT2D eigenvalue weighted by Gasteiger charge is -2.36. The third-order valence-electron chi connectivity index (χ3n) is 7.99. The van der Waals surface area contributed by atoms with Gasteiger partial charge in [0, 0.05) is 17.3 Å². The van der Waals surface area contributed by atoms with Gasteiger partial charge in [-0.2, -0.15) is 0 Å². The molecule has 0 bridgehead atoms. The highest BCUT2D eigenvalue weighted by Gasteiger charge is 2.74. The smallest absolute Gasteiger partial charge is 0.250 e. The van der Waals surface area contributed by atoms with Gasteiger partial charge in [0.15, 0.2) is 0 Å². The van der Waals surface area contributed by atoms with E-state index in [1.807, 2.05) is 57.2 Å². The average molecular weight is 415 g/mol. The summed E-state index contributed by atoms with van der Waals surface area (Å²) in [6.07, 6.45) is 1.76. The van der Waals surface area contributed by atoms with Gasteiger partial charge in [-0.05, 0) is 63.4 Å². The van der Waals surface area contributed by atoms with Crippen LogP contribution in [0.1, 0.15) is 35.1 Å². The highest BCUT2D eigenvalue weighted by atomic mass is 16.2. The lowest BCUT2D eigenvalue weighted by molar-refractivity contribution is -0.135. The van der Waals surface area contributed by atoms with E-state index in [0.717, 1.165) is 47.3 Å². The van der Waals surface area contributed by atoms with Crippen molar-refractivity contribution >= 4 is 29.1 Å². The van der Waals surface area contributed by atoms with Crippen molar-refractivity contribution in [2.75, 3.05) is 16.8 Å². The number of carbonyl (C=O) groups is 3. The van der Waals surface area contributed by atoms with Gasteiger partial charge in [0.1, 0.15) is 5.54 Å². The summed E-state index contributed by atoms with van der Waals surface area (Å²) in [6, 6.07) is 11.4. The van der Waals surface area contributed by atoms with Gasteiger partial charge >= 0.3 is 0 Å². The molecule has 4 heterocycles. The van der Waals surface area contributed by atoms with Gasteiger partial charge in [0.25, 0.3) is 0 Å². The Balaban J connectivity index is 1.56. The van der Waals surface area contributed by atoms with Gasteiger partial charge in [-0.25, -0.2) is 4.90 Å². The molecule has 2 aromatic rings. The summed E-state index contributed by atoms with van der Waals surface area (Å²) in [5, 5.41) is 3.10. The predicted octanol–water partition coefficient (Wildman–Crippen LogP) is 3.04. The fourth-order valence-corrected chi connectivity index (χ4v) is 6.47. The van der Waals surface area contributed by atoms with Gasteiger partial charge in [-0.1, -0.05) is 29.8 Å². The molecule has 1 spiro atoms. The highest BCUT2D eigenvalue weighted by molar-refractivity contribution is 6.26. The van der Waals surface area contributed by atoms with Crippen LogP contribution in [-0.4, -0.2) is 35.2 Å². The number of rotatable bonds is 1. The molecule has 3 saturated heterocycles. The Hall–Kier alpha value is -2.99. The molecule has 2 aromatic carbocycles. The summed E-state index contributed by atoms with van der Waals surface area (Å²) in [6.45, 7) is 6.72. The molecule has 0 radical (unpaired) electrons. The number of aryl methyl sites for hydroxylation is 2. The second kappa shape index (κ2) is 6.04. The number of fused-ring (bicyclic) bond motifs is 7. The van der Waals surface area contributed by atoms with Crippen LogP contribution in [0.3, 0.4) is 0 Å². The molecule has 4 aliphatic rings. The van der Waals surface area contributed by atoms with Crippen molar-refractivity contribution in [1.29, 1.82) is 0 Å². The van der Waals surface area contributed by atoms with Gasteiger partial charge < -0.3 is 5.32 Å². The van der Waals surface area contributed by atoms with Crippen molar-refractivity contribution in [1.82, 2.24) is 4.90 Å². The molecule has 3 amide bonds. The van der Waals surface area contributed by atoms with Crippen LogP contribution in [0, 0.1) is 32.6 Å². The third-order valence-corrected chi connectivity index (χ3v) is 7.99. The second-order valence-electron chi connectivity index (χ2n) is 9.40. The van der Waals surface area contributed by atoms with Crippen molar-refractivity contribution in [3.63, 3.8) is 0 Å². The highest BCUT2D eigenvalue weighted by Crippen LogP contribution is 2.61. The molecule has 0 aliphatic carbocycles. The van der Waals surface area contributed by atoms with Crippen molar-refractivity contribution in [3.05, 3.63) is 58.7 Å². The van der Waals surface area contributed by atoms with Crippen LogP contribution in [0.2, 0.25) is 0 Å². The van der Waals surface area contributed by atoms with Crippen LogP contribution in [0.15, 0.2) is 36.4 Å². The van der Waals surface area contributed by atoms with Gasteiger partial charge in [-0.15, -0.1) is 0 Å². The van der Waals surface area contributed by atoms with Crippen molar-refractivity contribution < 1.29 is 14.4 Å². The topological polar surface area (TPSA) is 69.7 Å². The monoisotopic (exact) mass is 415 g/mol. The Bertz CT molecular complexity index is 1170. The first kappa shape index (κ1) is 18.8. The molecule has 6 heteroatoms. The molecule has 0 aromatic heterocycles. The largest absolute Gasteiger partial charge is 0.324 e. The van der Waals surface area contributed by atoms with Crippen molar-refractivity contribution in [2.24, 2.45) is 11.8 Å². The minimum atomic E-state index is -1.11. The van der Waals surface area contributed by atoms with Crippen LogP contribution >= 0.6 is 0 Å². The van der Waals surface area contributed by atoms with E-state index in [2.05, 4.69) is 10.2 Å². The summed E-state index contributed by atoms with van der Waals surface area (Å²) in [7, 11) is 0. The molecule has 1 N–H and O–H groups in total. The Labute approximate surface area is 181 Å². The van der Waals surface area contributed by atoms with Crippen LogP contribution in [0.25, 0.3) is 0 Å². The summed E-state index contributed by atoms with van der Waals surface area (Å²) in [4.78, 5) is 44.7. The number of anilines is 2. The van der Waals surface area contributed by atoms with E-state index in [4.69, 9.17) is 0 Å². The lowest BCUT2D eigenvalue weighted by Crippen LogP contribution is -2.54. The SMILES string of the molecule is Cc1ccc(N2C(=O)[C@H]3[C@H]4CCCN4[C@@]4(C(=O)Nc5c4ccc(C)c5C)[C@H]3C2=O)cc1. The molecular formula is C25H25N3O3. The zero-order chi connectivity index (χ0) is 21.7. The number of hydrogen-bond donors (Lipinski definition) is 1. The molecule has 158 valence electrons. The third kappa shape index (κ3) is 2.09. The zero-order valence-electron chi connectivity index (χ0n) is 17.9. The second-order valence-corrected chi connectivity index (χ2v) is 9.40. The lowest BCUT2D eigenvalue weighted by atomic mass is 9.75. The van der Waals surface area contributed by atoms with E-state index in [1.54, 1.807) is 0 Å². The van der Waals surface area contributed by atoms with Gasteiger partial charge in [-0.3, -0.25) is 19.3 Å². The number of carbonyl (C=O) groups excluding carboxylic acids is 3. The molecule has 6 rings (SSSR count). The molecule has 0 unspecified atom stereocenters. The standard InChI is InChI=1S/C25H25N3O3/c1-13-6-9-16(10-7-13)28-22(29)19-18-5-4-12-27(18)25(20(19)23(28)30)17-11-8-14(2)15(3)21(17)26-24(25)31/h6-11,18-20H,4-5,12H2,1-3H3,(H,26,31)/t18-,19+,20-,25-/m1/s1. The fraction of sp³-hybridized carbons (Fsp3) is 0.400. The molecular weight excluding hydrogens is 390 g/mol. The van der Waals surface area contributed by atoms with Crippen molar-refractivity contribution in [3.8, 4) is 0 Å². The summed E-state index contributed by atoms with van der Waals surface area (Å²) < 4.78 is 0. The number of hydrogen-bond acceptors (Lipinski definition) is 4. The van der Waals surface area contributed by atoms with Crippen LogP contribution in [-0.2, 0) is 19.9 Å². The van der Waals surface area contributed by atoms with E-state index >= 15 is 0 Å². The quantitative estimate of drug-likeness (QED) is 0.727. The van der Waals surface area contributed by atoms with Crippen LogP contribution in [0.4, 0.5) is 11.4 Å². The first-order valence-electron chi connectivity index (χ1n) is 11.0. The number of amides is 3. The maximum absolute atomic E-state index is 13.9. The Morgan fingerprint density at radius 3 is 2.45 bits per heavy atom. The summed E-state index contributed by atoms with van der Waals surface area (Å²) >= 11 is 0. The number of imide groups is 1. The minimum Gasteiger partial charge on any atom is -0.324 e. The van der Waals surface area contributed by atoms with E-state index in [-0.39, 0.29) is 23.8 Å². The van der Waals surface area contributed by atoms with E-state index in [9.17, 15) is 14.4 Å². The summed E-state index contributed by atoms with van der Waals surface area (Å²) in [5.41, 5.74) is 4.33. The number of nitrogens with zero attached hydrogens (tertiary/aromatic N) is 2. The zero-order valence-corrected chi connectivity index (χ0v) is 17.9. The van der Waals surface area contributed by atoms with E-state index in [1.165, 1.54) is 4.90 Å². The maximum atomic E-state index is 13.9. The first-order chi connectivity index (χ1) is 14.9. The van der Waals surface area contributed by atoms with Crippen LogP contribution in [0.5, 0.6) is 0 Å². The molecule has 31 heavy (non-hydrogen) atoms. The van der Waals surface area contributed by atoms with E-state index < -0.39 is 17.4 Å². The Morgan fingerprint density at radius 1 is 0.968 bits per heavy atom. The molecule has 4 atom stereocenters. The molecule has 0 saturated carbocycles. The molecule has 6 nitrogen and oxygen atoms in total. The normalized spacial score (nSPS) is 31.4. The Kier molecular flexibility index (Phi) is 3.65. The van der Waals surface area contributed by atoms with Crippen molar-refractivity contribution in [2.45, 2.75) is 45.2 Å². The molecule has 3 fully saturated rings. The fourth-order valence-electron chi connectivity index (χ4n) is 6.47. The van der Waals surface area contributed by atoms with Gasteiger partial charge in [0.2, 0.25) is 17.7 Å². The maximum Gasteiger partial charge on any atom is 0.250 e. The first-order valence-corrected chi connectivity index (χ1v) is 11.0. The molecule has 4 aliphatic heterocycles. The number of nitrogens with one attached hydrogen (secondary N) is 1. The van der Waals surface area contributed by atoms with E-state index in [0.29, 0.717) is 5.69 Å². The van der Waals surface area contributed by atoms with Gasteiger partial charge in [0.05, 0.1) is 17.5 Å². The predicted molar refractivity (Wildman–Crippen MR) is 117 cm³/mol. The van der Waals surface area contributed by atoms with Crippen LogP contribution < -0.4 is 10.2 Å².